The summed E-state index contributed by atoms with van der Waals surface area (Å²) in [5.74, 6) is -1.07. The highest BCUT2D eigenvalue weighted by Gasteiger charge is 2.11. The van der Waals surface area contributed by atoms with E-state index < -0.39 is 5.97 Å². The van der Waals surface area contributed by atoms with E-state index in [2.05, 4.69) is 0 Å². The molecule has 0 saturated heterocycles. The number of benzene rings is 1. The first-order valence-electron chi connectivity index (χ1n) is 5.63. The topological polar surface area (TPSA) is 59.3 Å². The zero-order valence-electron chi connectivity index (χ0n) is 10.5. The van der Waals surface area contributed by atoms with Gasteiger partial charge in [-0.3, -0.25) is 9.36 Å². The third-order valence-corrected chi connectivity index (χ3v) is 3.07. The van der Waals surface area contributed by atoms with Gasteiger partial charge in [0.15, 0.2) is 0 Å². The summed E-state index contributed by atoms with van der Waals surface area (Å²) in [7, 11) is 0. The lowest BCUT2D eigenvalue weighted by Crippen LogP contribution is -2.20. The molecule has 1 aromatic carbocycles. The van der Waals surface area contributed by atoms with Gasteiger partial charge in [0.1, 0.15) is 0 Å². The molecule has 0 saturated carbocycles. The number of carbonyl (C=O) groups is 1. The molecule has 0 atom stereocenters. The van der Waals surface area contributed by atoms with E-state index in [1.807, 2.05) is 13.8 Å². The molecule has 98 valence electrons. The zero-order chi connectivity index (χ0) is 14.2. The number of aryl methyl sites for hydroxylation is 2. The average Bonchev–Trinajstić information content (AvgIpc) is 2.29. The Morgan fingerprint density at radius 2 is 1.79 bits per heavy atom. The Bertz CT molecular complexity index is 696. The molecule has 2 rings (SSSR count). The van der Waals surface area contributed by atoms with Crippen LogP contribution < -0.4 is 5.56 Å². The van der Waals surface area contributed by atoms with Gasteiger partial charge in [0.2, 0.25) is 0 Å². The van der Waals surface area contributed by atoms with E-state index >= 15 is 0 Å². The van der Waals surface area contributed by atoms with Crippen LogP contribution in [0.5, 0.6) is 0 Å². The largest absolute Gasteiger partial charge is 0.478 e. The number of hydrogen-bond acceptors (Lipinski definition) is 2. The summed E-state index contributed by atoms with van der Waals surface area (Å²) in [6.45, 7) is 3.65. The second-order valence-corrected chi connectivity index (χ2v) is 4.76. The van der Waals surface area contributed by atoms with Crippen molar-refractivity contribution in [2.24, 2.45) is 0 Å². The van der Waals surface area contributed by atoms with Gasteiger partial charge in [0, 0.05) is 17.3 Å². The average molecular weight is 278 g/mol. The highest BCUT2D eigenvalue weighted by molar-refractivity contribution is 6.30. The second-order valence-electron chi connectivity index (χ2n) is 4.32. The van der Waals surface area contributed by atoms with Crippen LogP contribution in [0.4, 0.5) is 0 Å². The first-order valence-corrected chi connectivity index (χ1v) is 6.01. The van der Waals surface area contributed by atoms with E-state index in [4.69, 9.17) is 16.7 Å². The maximum atomic E-state index is 11.9. The molecular weight excluding hydrogens is 266 g/mol. The summed E-state index contributed by atoms with van der Waals surface area (Å²) in [6, 6.07) is 6.02. The van der Waals surface area contributed by atoms with Gasteiger partial charge in [-0.2, -0.15) is 0 Å². The third-order valence-electron chi connectivity index (χ3n) is 2.85. The Morgan fingerprint density at radius 1 is 1.21 bits per heavy atom. The van der Waals surface area contributed by atoms with Gasteiger partial charge in [-0.1, -0.05) is 11.6 Å². The number of aromatic carboxylic acids is 1. The molecule has 1 N–H and O–H groups in total. The van der Waals surface area contributed by atoms with Crippen LogP contribution in [0.25, 0.3) is 5.69 Å². The smallest absolute Gasteiger partial charge is 0.337 e. The van der Waals surface area contributed by atoms with Crippen molar-refractivity contribution in [2.45, 2.75) is 13.8 Å². The lowest BCUT2D eigenvalue weighted by atomic mass is 10.1. The Balaban J connectivity index is 2.75. The highest BCUT2D eigenvalue weighted by Crippen LogP contribution is 2.22. The number of aromatic nitrogens is 1. The summed E-state index contributed by atoms with van der Waals surface area (Å²) in [4.78, 5) is 22.9. The van der Waals surface area contributed by atoms with Gasteiger partial charge < -0.3 is 5.11 Å². The number of rotatable bonds is 2. The van der Waals surface area contributed by atoms with Gasteiger partial charge in [0.05, 0.1) is 11.3 Å². The van der Waals surface area contributed by atoms with Crippen LogP contribution in [0, 0.1) is 13.8 Å². The normalized spacial score (nSPS) is 10.5. The van der Waals surface area contributed by atoms with Crippen LogP contribution >= 0.6 is 11.6 Å². The predicted octanol–water partition coefficient (Wildman–Crippen LogP) is 2.81. The fourth-order valence-corrected chi connectivity index (χ4v) is 2.40. The minimum Gasteiger partial charge on any atom is -0.478 e. The molecule has 1 heterocycles. The minimum atomic E-state index is -1.07. The standard InChI is InChI=1S/C14H12ClNO3/c1-8-5-11(15)6-9(2)13(8)16-7-10(14(18)19)3-4-12(16)17/h3-7H,1-2H3,(H,18,19). The van der Waals surface area contributed by atoms with E-state index in [0.717, 1.165) is 11.1 Å². The van der Waals surface area contributed by atoms with Crippen molar-refractivity contribution >= 4 is 17.6 Å². The van der Waals surface area contributed by atoms with Crippen LogP contribution in [0.3, 0.4) is 0 Å². The molecule has 19 heavy (non-hydrogen) atoms. The van der Waals surface area contributed by atoms with Crippen LogP contribution in [-0.2, 0) is 0 Å². The second kappa shape index (κ2) is 4.90. The maximum absolute atomic E-state index is 11.9. The number of halogens is 1. The molecule has 0 amide bonds. The van der Waals surface area contributed by atoms with E-state index in [1.165, 1.54) is 22.9 Å². The van der Waals surface area contributed by atoms with Crippen molar-refractivity contribution in [1.82, 2.24) is 4.57 Å². The number of carboxylic acid groups (broad SMARTS) is 1. The monoisotopic (exact) mass is 277 g/mol. The Kier molecular flexibility index (Phi) is 3.44. The number of nitrogens with zero attached hydrogens (tertiary/aromatic N) is 1. The number of pyridine rings is 1. The lowest BCUT2D eigenvalue weighted by Gasteiger charge is -2.13. The molecule has 5 heteroatoms. The molecule has 0 fully saturated rings. The molecule has 0 bridgehead atoms. The van der Waals surface area contributed by atoms with Crippen LogP contribution in [0.15, 0.2) is 35.3 Å². The SMILES string of the molecule is Cc1cc(Cl)cc(C)c1-n1cc(C(=O)O)ccc1=O. The highest BCUT2D eigenvalue weighted by atomic mass is 35.5. The van der Waals surface area contributed by atoms with E-state index in [0.29, 0.717) is 10.7 Å². The van der Waals surface area contributed by atoms with Gasteiger partial charge in [-0.15, -0.1) is 0 Å². The number of hydrogen-bond donors (Lipinski definition) is 1. The van der Waals surface area contributed by atoms with Crippen LogP contribution in [0.1, 0.15) is 21.5 Å². The van der Waals surface area contributed by atoms with Crippen molar-refractivity contribution < 1.29 is 9.90 Å². The number of carboxylic acids is 1. The summed E-state index contributed by atoms with van der Waals surface area (Å²) in [5, 5.41) is 9.58. The summed E-state index contributed by atoms with van der Waals surface area (Å²) in [5.41, 5.74) is 2.08. The quantitative estimate of drug-likeness (QED) is 0.918. The molecule has 0 aliphatic heterocycles. The van der Waals surface area contributed by atoms with Crippen LogP contribution in [0.2, 0.25) is 5.02 Å². The van der Waals surface area contributed by atoms with E-state index in [-0.39, 0.29) is 11.1 Å². The minimum absolute atomic E-state index is 0.0633. The molecule has 0 radical (unpaired) electrons. The molecule has 2 aromatic rings. The fraction of sp³-hybridized carbons (Fsp3) is 0.143. The van der Waals surface area contributed by atoms with Crippen molar-refractivity contribution in [3.05, 3.63) is 62.5 Å². The first kappa shape index (κ1) is 13.4. The van der Waals surface area contributed by atoms with Crippen molar-refractivity contribution in [1.29, 1.82) is 0 Å². The first-order chi connectivity index (χ1) is 8.90. The van der Waals surface area contributed by atoms with Gasteiger partial charge in [0.25, 0.3) is 5.56 Å². The van der Waals surface area contributed by atoms with Gasteiger partial charge >= 0.3 is 5.97 Å². The summed E-state index contributed by atoms with van der Waals surface area (Å²) < 4.78 is 1.34. The van der Waals surface area contributed by atoms with Gasteiger partial charge in [-0.05, 0) is 43.2 Å². The predicted molar refractivity (Wildman–Crippen MR) is 73.5 cm³/mol. The van der Waals surface area contributed by atoms with Crippen molar-refractivity contribution in [2.75, 3.05) is 0 Å². The fourth-order valence-electron chi connectivity index (χ4n) is 2.07. The molecule has 1 aromatic heterocycles. The maximum Gasteiger partial charge on any atom is 0.337 e. The Hall–Kier alpha value is -2.07. The van der Waals surface area contributed by atoms with E-state index in [9.17, 15) is 9.59 Å². The third kappa shape index (κ3) is 2.53. The van der Waals surface area contributed by atoms with Crippen molar-refractivity contribution in [3.63, 3.8) is 0 Å². The van der Waals surface area contributed by atoms with Gasteiger partial charge in [-0.25, -0.2) is 4.79 Å². The summed E-state index contributed by atoms with van der Waals surface area (Å²) >= 11 is 5.95. The molecule has 0 aliphatic carbocycles. The molecule has 0 spiro atoms. The molecule has 0 unspecified atom stereocenters. The van der Waals surface area contributed by atoms with Crippen LogP contribution in [-0.4, -0.2) is 15.6 Å². The molecule has 0 aliphatic rings. The zero-order valence-corrected chi connectivity index (χ0v) is 11.2. The van der Waals surface area contributed by atoms with E-state index in [1.54, 1.807) is 12.1 Å². The molecule has 4 nitrogen and oxygen atoms in total. The Morgan fingerprint density at radius 3 is 2.32 bits per heavy atom. The summed E-state index contributed by atoms with van der Waals surface area (Å²) in [6.07, 6.45) is 1.33. The lowest BCUT2D eigenvalue weighted by molar-refractivity contribution is 0.0696. The Labute approximate surface area is 114 Å². The molecular formula is C14H12ClNO3. The van der Waals surface area contributed by atoms with Crippen molar-refractivity contribution in [3.8, 4) is 5.69 Å².